The number of carbonyl (C=O) groups excluding carboxylic acids is 2. The second-order valence-corrected chi connectivity index (χ2v) is 11.2. The summed E-state index contributed by atoms with van der Waals surface area (Å²) in [7, 11) is 0. The number of fused-ring (bicyclic) bond motifs is 2. The van der Waals surface area contributed by atoms with Crippen LogP contribution in [-0.2, 0) is 35.8 Å². The molecule has 3 aromatic rings. The summed E-state index contributed by atoms with van der Waals surface area (Å²) in [6.45, 7) is 9.83. The van der Waals surface area contributed by atoms with Gasteiger partial charge in [0.1, 0.15) is 4.83 Å². The van der Waals surface area contributed by atoms with Crippen LogP contribution in [0.2, 0.25) is 0 Å². The van der Waals surface area contributed by atoms with Crippen molar-refractivity contribution < 1.29 is 22.8 Å². The van der Waals surface area contributed by atoms with Gasteiger partial charge in [-0.2, -0.15) is 13.2 Å². The van der Waals surface area contributed by atoms with Crippen molar-refractivity contribution in [2.24, 2.45) is 0 Å². The van der Waals surface area contributed by atoms with Gasteiger partial charge in [-0.05, 0) is 41.5 Å². The molecule has 37 heavy (non-hydrogen) atoms. The van der Waals surface area contributed by atoms with E-state index in [1.54, 1.807) is 0 Å². The van der Waals surface area contributed by atoms with Crippen LogP contribution in [0, 0.1) is 0 Å². The maximum Gasteiger partial charge on any atom is 0.417 e. The number of hydrogen-bond acceptors (Lipinski definition) is 4. The lowest BCUT2D eigenvalue weighted by molar-refractivity contribution is -0.139. The SMILES string of the molecule is CCCc1c(C(=O)Nc2ccc(C(C)(C)CC)cc2)sc2nc3c(c(C(F)(F)F)c12)CN(C(C)=O)CC3. The Labute approximate surface area is 219 Å². The second kappa shape index (κ2) is 10.1. The van der Waals surface area contributed by atoms with Crippen LogP contribution in [0.5, 0.6) is 0 Å². The van der Waals surface area contributed by atoms with Gasteiger partial charge < -0.3 is 10.2 Å². The highest BCUT2D eigenvalue weighted by atomic mass is 32.1. The van der Waals surface area contributed by atoms with Gasteiger partial charge in [0.05, 0.1) is 10.4 Å². The number of nitrogens with zero attached hydrogens (tertiary/aromatic N) is 2. The quantitative estimate of drug-likeness (QED) is 0.369. The highest BCUT2D eigenvalue weighted by Gasteiger charge is 2.41. The highest BCUT2D eigenvalue weighted by molar-refractivity contribution is 7.20. The number of aromatic nitrogens is 1. The Morgan fingerprint density at radius 2 is 1.81 bits per heavy atom. The second-order valence-electron chi connectivity index (χ2n) is 10.2. The molecule has 5 nitrogen and oxygen atoms in total. The van der Waals surface area contributed by atoms with Crippen LogP contribution in [0.3, 0.4) is 0 Å². The summed E-state index contributed by atoms with van der Waals surface area (Å²) in [5.74, 6) is -0.711. The summed E-state index contributed by atoms with van der Waals surface area (Å²) < 4.78 is 43.6. The summed E-state index contributed by atoms with van der Waals surface area (Å²) in [5.41, 5.74) is 1.72. The predicted octanol–water partition coefficient (Wildman–Crippen LogP) is 7.11. The van der Waals surface area contributed by atoms with E-state index in [2.05, 4.69) is 31.1 Å². The molecule has 4 rings (SSSR count). The van der Waals surface area contributed by atoms with Crippen molar-refractivity contribution in [2.45, 2.75) is 78.4 Å². The van der Waals surface area contributed by atoms with E-state index in [-0.39, 0.29) is 44.9 Å². The van der Waals surface area contributed by atoms with Gasteiger partial charge in [-0.25, -0.2) is 4.98 Å². The van der Waals surface area contributed by atoms with Crippen molar-refractivity contribution in [3.63, 3.8) is 0 Å². The fourth-order valence-corrected chi connectivity index (χ4v) is 5.96. The first-order valence-corrected chi connectivity index (χ1v) is 13.4. The molecule has 2 aromatic heterocycles. The maximum atomic E-state index is 14.5. The molecule has 0 saturated heterocycles. The summed E-state index contributed by atoms with van der Waals surface area (Å²) >= 11 is 1.01. The summed E-state index contributed by atoms with van der Waals surface area (Å²) in [4.78, 5) is 31.8. The number of amides is 2. The minimum atomic E-state index is -4.65. The van der Waals surface area contributed by atoms with Crippen LogP contribution in [0.1, 0.15) is 85.1 Å². The van der Waals surface area contributed by atoms with E-state index < -0.39 is 17.6 Å². The molecule has 1 aliphatic rings. The predicted molar refractivity (Wildman–Crippen MR) is 141 cm³/mol. The number of halogens is 3. The average molecular weight is 532 g/mol. The molecule has 0 fully saturated rings. The van der Waals surface area contributed by atoms with Crippen LogP contribution in [-0.4, -0.2) is 28.2 Å². The zero-order valence-electron chi connectivity index (χ0n) is 21.8. The minimum Gasteiger partial charge on any atom is -0.338 e. The average Bonchev–Trinajstić information content (AvgIpc) is 3.19. The normalized spacial score (nSPS) is 14.1. The number of benzene rings is 1. The van der Waals surface area contributed by atoms with Crippen LogP contribution in [0.4, 0.5) is 18.9 Å². The Morgan fingerprint density at radius 1 is 1.14 bits per heavy atom. The van der Waals surface area contributed by atoms with Gasteiger partial charge >= 0.3 is 6.18 Å². The number of anilines is 1. The zero-order valence-corrected chi connectivity index (χ0v) is 22.6. The van der Waals surface area contributed by atoms with Crippen molar-refractivity contribution in [3.05, 3.63) is 57.1 Å². The van der Waals surface area contributed by atoms with Crippen molar-refractivity contribution in [3.8, 4) is 0 Å². The molecule has 9 heteroatoms. The standard InChI is InChI=1S/C28H32F3N3O2S/c1-6-8-19-22-23(28(29,30)31)20-15-34(16(3)35)14-13-21(20)33-26(22)37-24(19)25(36)32-18-11-9-17(10-12-18)27(4,5)7-2/h9-12H,6-8,13-15H2,1-5H3,(H,32,36). The third-order valence-electron chi connectivity index (χ3n) is 7.34. The van der Waals surface area contributed by atoms with E-state index in [1.165, 1.54) is 11.8 Å². The van der Waals surface area contributed by atoms with Gasteiger partial charge in [-0.15, -0.1) is 11.3 Å². The first-order chi connectivity index (χ1) is 17.4. The molecule has 198 valence electrons. The fourth-order valence-electron chi connectivity index (χ4n) is 4.81. The van der Waals surface area contributed by atoms with E-state index in [0.29, 0.717) is 36.3 Å². The lowest BCUT2D eigenvalue weighted by atomic mass is 9.82. The number of nitrogens with one attached hydrogen (secondary N) is 1. The molecule has 3 heterocycles. The summed E-state index contributed by atoms with van der Waals surface area (Å²) in [5, 5.41) is 2.87. The van der Waals surface area contributed by atoms with Crippen LogP contribution in [0.15, 0.2) is 24.3 Å². The molecule has 0 aliphatic carbocycles. The highest BCUT2D eigenvalue weighted by Crippen LogP contribution is 2.45. The third kappa shape index (κ3) is 5.23. The maximum absolute atomic E-state index is 14.5. The Hall–Kier alpha value is -2.94. The minimum absolute atomic E-state index is 0.000936. The molecule has 0 atom stereocenters. The number of carbonyl (C=O) groups is 2. The van der Waals surface area contributed by atoms with E-state index in [4.69, 9.17) is 0 Å². The molecular weight excluding hydrogens is 499 g/mol. The molecule has 1 N–H and O–H groups in total. The Kier molecular flexibility index (Phi) is 7.38. The van der Waals surface area contributed by atoms with E-state index in [9.17, 15) is 22.8 Å². The molecule has 2 amide bonds. The first-order valence-electron chi connectivity index (χ1n) is 12.6. The number of pyridine rings is 1. The van der Waals surface area contributed by atoms with Gasteiger partial charge in [0.15, 0.2) is 0 Å². The van der Waals surface area contributed by atoms with E-state index in [1.807, 2.05) is 31.2 Å². The Bertz CT molecular complexity index is 1340. The molecule has 1 aliphatic heterocycles. The van der Waals surface area contributed by atoms with Crippen molar-refractivity contribution >= 4 is 39.1 Å². The van der Waals surface area contributed by atoms with Gasteiger partial charge in [0.25, 0.3) is 5.91 Å². The lowest BCUT2D eigenvalue weighted by Gasteiger charge is -2.30. The van der Waals surface area contributed by atoms with Gasteiger partial charge in [0.2, 0.25) is 5.91 Å². The van der Waals surface area contributed by atoms with Gasteiger partial charge in [-0.1, -0.05) is 46.2 Å². The largest absolute Gasteiger partial charge is 0.417 e. The first kappa shape index (κ1) is 27.1. The molecule has 0 unspecified atom stereocenters. The van der Waals surface area contributed by atoms with Gasteiger partial charge in [0, 0.05) is 48.8 Å². The zero-order chi connectivity index (χ0) is 27.1. The Morgan fingerprint density at radius 3 is 2.38 bits per heavy atom. The lowest BCUT2D eigenvalue weighted by Crippen LogP contribution is -2.36. The van der Waals surface area contributed by atoms with E-state index in [0.717, 1.165) is 23.3 Å². The number of rotatable bonds is 6. The van der Waals surface area contributed by atoms with Crippen LogP contribution >= 0.6 is 11.3 Å². The van der Waals surface area contributed by atoms with Crippen LogP contribution in [0.25, 0.3) is 10.2 Å². The smallest absolute Gasteiger partial charge is 0.338 e. The molecule has 0 saturated carbocycles. The third-order valence-corrected chi connectivity index (χ3v) is 8.46. The monoisotopic (exact) mass is 531 g/mol. The topological polar surface area (TPSA) is 62.3 Å². The summed E-state index contributed by atoms with van der Waals surface area (Å²) in [6.07, 6.45) is -2.56. The number of hydrogen-bond donors (Lipinski definition) is 1. The molecule has 0 bridgehead atoms. The van der Waals surface area contributed by atoms with Gasteiger partial charge in [-0.3, -0.25) is 9.59 Å². The fraction of sp³-hybridized carbons (Fsp3) is 0.464. The molecule has 0 spiro atoms. The Balaban J connectivity index is 1.80. The van der Waals surface area contributed by atoms with Crippen molar-refractivity contribution in [1.82, 2.24) is 9.88 Å². The van der Waals surface area contributed by atoms with Crippen molar-refractivity contribution in [1.29, 1.82) is 0 Å². The molecule has 0 radical (unpaired) electrons. The molecular formula is C28H32F3N3O2S. The molecule has 1 aromatic carbocycles. The number of thiophene rings is 1. The van der Waals surface area contributed by atoms with Crippen molar-refractivity contribution in [2.75, 3.05) is 11.9 Å². The number of aryl methyl sites for hydroxylation is 1. The van der Waals surface area contributed by atoms with E-state index >= 15 is 0 Å². The van der Waals surface area contributed by atoms with Crippen LogP contribution < -0.4 is 5.32 Å². The summed E-state index contributed by atoms with van der Waals surface area (Å²) in [6, 6.07) is 7.59. The number of alkyl halides is 3.